The number of aliphatic carboxylic acids is 2. The molecule has 0 spiro atoms. The molecule has 0 aromatic rings. The molecule has 0 fully saturated rings. The molecule has 0 rings (SSSR count). The molecule has 0 aliphatic heterocycles. The number of carbonyl (C=O) groups is 3. The van der Waals surface area contributed by atoms with Gasteiger partial charge in [0.25, 0.3) is 0 Å². The van der Waals surface area contributed by atoms with Gasteiger partial charge in [-0.05, 0) is 0 Å². The van der Waals surface area contributed by atoms with E-state index in [-0.39, 0.29) is 0 Å². The average molecular weight is 256 g/mol. The lowest BCUT2D eigenvalue weighted by molar-refractivity contribution is -0.151. The number of carbonyl (C=O) groups excluding carboxylic acids is 1. The zero-order valence-electron chi connectivity index (χ0n) is 7.77. The highest BCUT2D eigenvalue weighted by molar-refractivity contribution is 7.46. The fourth-order valence-electron chi connectivity index (χ4n) is 0.829. The van der Waals surface area contributed by atoms with Crippen molar-refractivity contribution in [1.82, 2.24) is 0 Å². The molecule has 9 nitrogen and oxygen atoms in total. The molecule has 0 saturated carbocycles. The van der Waals surface area contributed by atoms with Gasteiger partial charge in [-0.15, -0.1) is 0 Å². The Kier molecular flexibility index (Phi) is 5.09. The van der Waals surface area contributed by atoms with Crippen molar-refractivity contribution < 1.29 is 43.5 Å². The molecule has 0 saturated heterocycles. The molecule has 0 bridgehead atoms. The standard InChI is InChI=1S/C6H9O9P/c7-4(8)1-3(6(10)11)2-5(9)15-16(12,13)14/h3H,1-2H2,(H,7,8)(H,10,11)(H2,12,13,14). The zero-order chi connectivity index (χ0) is 12.9. The first-order chi connectivity index (χ1) is 7.11. The molecule has 1 unspecified atom stereocenters. The van der Waals surface area contributed by atoms with E-state index in [0.717, 1.165) is 0 Å². The Balaban J connectivity index is 4.41. The van der Waals surface area contributed by atoms with Gasteiger partial charge in [-0.3, -0.25) is 24.2 Å². The van der Waals surface area contributed by atoms with E-state index in [4.69, 9.17) is 20.0 Å². The van der Waals surface area contributed by atoms with E-state index < -0.39 is 44.5 Å². The number of hydrogen-bond acceptors (Lipinski definition) is 5. The van der Waals surface area contributed by atoms with E-state index in [1.807, 2.05) is 0 Å². The summed E-state index contributed by atoms with van der Waals surface area (Å²) in [6, 6.07) is 0. The van der Waals surface area contributed by atoms with Crippen LogP contribution in [0.2, 0.25) is 0 Å². The highest BCUT2D eigenvalue weighted by Gasteiger charge is 2.28. The number of carboxylic acid groups (broad SMARTS) is 2. The number of carboxylic acids is 2. The van der Waals surface area contributed by atoms with Crippen LogP contribution < -0.4 is 0 Å². The fourth-order valence-corrected chi connectivity index (χ4v) is 1.17. The van der Waals surface area contributed by atoms with Gasteiger partial charge in [0.05, 0.1) is 18.8 Å². The van der Waals surface area contributed by atoms with Gasteiger partial charge in [-0.2, -0.15) is 0 Å². The minimum Gasteiger partial charge on any atom is -0.481 e. The molecule has 0 amide bonds. The van der Waals surface area contributed by atoms with Crippen molar-refractivity contribution in [2.75, 3.05) is 0 Å². The fraction of sp³-hybridized carbons (Fsp3) is 0.500. The molecule has 0 aromatic heterocycles. The minimum absolute atomic E-state index is 0.842. The number of phosphoric acid groups is 1. The third kappa shape index (κ3) is 6.93. The Hall–Kier alpha value is -1.44. The van der Waals surface area contributed by atoms with Crippen molar-refractivity contribution in [3.05, 3.63) is 0 Å². The average Bonchev–Trinajstić information content (AvgIpc) is 1.97. The van der Waals surface area contributed by atoms with E-state index in [9.17, 15) is 18.9 Å². The summed E-state index contributed by atoms with van der Waals surface area (Å²) in [5.74, 6) is -6.07. The van der Waals surface area contributed by atoms with E-state index in [1.165, 1.54) is 0 Å². The largest absolute Gasteiger partial charge is 0.526 e. The Bertz CT molecular complexity index is 342. The Morgan fingerprint density at radius 3 is 1.94 bits per heavy atom. The maximum absolute atomic E-state index is 10.8. The molecule has 92 valence electrons. The van der Waals surface area contributed by atoms with Gasteiger partial charge in [0, 0.05) is 0 Å². The van der Waals surface area contributed by atoms with Crippen LogP contribution in [0.3, 0.4) is 0 Å². The summed E-state index contributed by atoms with van der Waals surface area (Å²) in [5.41, 5.74) is 0. The summed E-state index contributed by atoms with van der Waals surface area (Å²) in [7, 11) is -5.03. The highest BCUT2D eigenvalue weighted by Crippen LogP contribution is 2.36. The minimum atomic E-state index is -5.03. The highest BCUT2D eigenvalue weighted by atomic mass is 31.2. The summed E-state index contributed by atoms with van der Waals surface area (Å²) in [6.07, 6.45) is -1.77. The van der Waals surface area contributed by atoms with Crippen LogP contribution in [0, 0.1) is 5.92 Å². The maximum Gasteiger partial charge on any atom is 0.526 e. The van der Waals surface area contributed by atoms with Crippen LogP contribution in [-0.4, -0.2) is 37.9 Å². The van der Waals surface area contributed by atoms with Crippen molar-refractivity contribution in [3.63, 3.8) is 0 Å². The molecule has 10 heteroatoms. The predicted molar refractivity (Wildman–Crippen MR) is 46.1 cm³/mol. The third-order valence-electron chi connectivity index (χ3n) is 1.40. The van der Waals surface area contributed by atoms with Crippen LogP contribution in [0.5, 0.6) is 0 Å². The Morgan fingerprint density at radius 2 is 1.62 bits per heavy atom. The summed E-state index contributed by atoms with van der Waals surface area (Å²) >= 11 is 0. The van der Waals surface area contributed by atoms with Crippen LogP contribution in [0.4, 0.5) is 0 Å². The normalized spacial score (nSPS) is 12.9. The van der Waals surface area contributed by atoms with Crippen LogP contribution >= 0.6 is 7.82 Å². The summed E-state index contributed by atoms with van der Waals surface area (Å²) < 4.78 is 13.8. The lowest BCUT2D eigenvalue weighted by atomic mass is 10.0. The second-order valence-corrected chi connectivity index (χ2v) is 3.95. The zero-order valence-corrected chi connectivity index (χ0v) is 8.66. The lowest BCUT2D eigenvalue weighted by Gasteiger charge is -2.09. The van der Waals surface area contributed by atoms with Crippen LogP contribution in [0.15, 0.2) is 0 Å². The Morgan fingerprint density at radius 1 is 1.12 bits per heavy atom. The third-order valence-corrected chi connectivity index (χ3v) is 1.85. The first kappa shape index (κ1) is 14.6. The van der Waals surface area contributed by atoms with E-state index in [1.54, 1.807) is 0 Å². The van der Waals surface area contributed by atoms with Gasteiger partial charge < -0.3 is 14.7 Å². The van der Waals surface area contributed by atoms with Crippen LogP contribution in [-0.2, 0) is 23.5 Å². The summed E-state index contributed by atoms with van der Waals surface area (Å²) in [5, 5.41) is 16.8. The van der Waals surface area contributed by atoms with Crippen LogP contribution in [0.1, 0.15) is 12.8 Å². The quantitative estimate of drug-likeness (QED) is 0.445. The number of hydrogen-bond donors (Lipinski definition) is 4. The Labute approximate surface area is 88.9 Å². The van der Waals surface area contributed by atoms with Gasteiger partial charge in [0.2, 0.25) is 0 Å². The maximum atomic E-state index is 10.8. The van der Waals surface area contributed by atoms with Gasteiger partial charge in [0.1, 0.15) is 0 Å². The molecule has 4 N–H and O–H groups in total. The lowest BCUT2D eigenvalue weighted by Crippen LogP contribution is -2.21. The van der Waals surface area contributed by atoms with Crippen molar-refractivity contribution >= 4 is 25.7 Å². The first-order valence-electron chi connectivity index (χ1n) is 3.84. The molecule has 1 atom stereocenters. The van der Waals surface area contributed by atoms with Gasteiger partial charge >= 0.3 is 25.7 Å². The van der Waals surface area contributed by atoms with Crippen molar-refractivity contribution in [2.24, 2.45) is 5.92 Å². The molecule has 0 aliphatic carbocycles. The molecule has 0 heterocycles. The molecule has 0 radical (unpaired) electrons. The molecular weight excluding hydrogens is 247 g/mol. The molecule has 0 aliphatic rings. The number of rotatable bonds is 6. The van der Waals surface area contributed by atoms with Crippen molar-refractivity contribution in [1.29, 1.82) is 0 Å². The smallest absolute Gasteiger partial charge is 0.481 e. The van der Waals surface area contributed by atoms with Gasteiger partial charge in [0.15, 0.2) is 0 Å². The molecule has 0 aromatic carbocycles. The molecule has 16 heavy (non-hydrogen) atoms. The topological polar surface area (TPSA) is 158 Å². The van der Waals surface area contributed by atoms with Gasteiger partial charge in [-0.25, -0.2) is 4.57 Å². The SMILES string of the molecule is O=C(O)CC(CC(=O)OP(=O)(O)O)C(=O)O. The predicted octanol–water partition coefficient (Wildman–Crippen LogP) is -0.812. The van der Waals surface area contributed by atoms with E-state index >= 15 is 0 Å². The van der Waals surface area contributed by atoms with E-state index in [2.05, 4.69) is 4.52 Å². The van der Waals surface area contributed by atoms with E-state index in [0.29, 0.717) is 0 Å². The molecular formula is C6H9O9P. The summed E-state index contributed by atoms with van der Waals surface area (Å²) in [4.78, 5) is 47.9. The summed E-state index contributed by atoms with van der Waals surface area (Å²) in [6.45, 7) is 0. The second-order valence-electron chi connectivity index (χ2n) is 2.79. The van der Waals surface area contributed by atoms with Crippen LogP contribution in [0.25, 0.3) is 0 Å². The second kappa shape index (κ2) is 5.59. The first-order valence-corrected chi connectivity index (χ1v) is 5.37. The van der Waals surface area contributed by atoms with Crippen molar-refractivity contribution in [3.8, 4) is 0 Å². The van der Waals surface area contributed by atoms with Crippen molar-refractivity contribution in [2.45, 2.75) is 12.8 Å². The number of phosphoric ester groups is 1. The monoisotopic (exact) mass is 256 g/mol. The van der Waals surface area contributed by atoms with Gasteiger partial charge in [-0.1, -0.05) is 0 Å².